The van der Waals surface area contributed by atoms with Crippen LogP contribution in [0.4, 0.5) is 0 Å². The maximum Gasteiger partial charge on any atom is 0.110 e. The molecule has 0 N–H and O–H groups in total. The molecule has 0 aliphatic rings. The summed E-state index contributed by atoms with van der Waals surface area (Å²) < 4.78 is 0. The maximum absolute atomic E-state index is 8.97. The summed E-state index contributed by atoms with van der Waals surface area (Å²) in [5, 5.41) is 11.9. The van der Waals surface area contributed by atoms with Crippen molar-refractivity contribution < 1.29 is 0 Å². The quantitative estimate of drug-likeness (QED) is 0.812. The van der Waals surface area contributed by atoms with E-state index in [2.05, 4.69) is 16.0 Å². The molecule has 1 unspecified atom stereocenters. The van der Waals surface area contributed by atoms with Crippen molar-refractivity contribution in [1.29, 1.82) is 5.26 Å². The number of nitrogens with zero attached hydrogens (tertiary/aromatic N) is 3. The Hall–Kier alpha value is -1.73. The molecular weight excluding hydrogens is 218 g/mol. The first kappa shape index (κ1) is 10.8. The fourth-order valence-electron chi connectivity index (χ4n) is 1.42. The average Bonchev–Trinajstić information content (AvgIpc) is 2.81. The zero-order chi connectivity index (χ0) is 11.4. The van der Waals surface area contributed by atoms with Crippen LogP contribution in [-0.2, 0) is 0 Å². The van der Waals surface area contributed by atoms with Gasteiger partial charge in [-0.3, -0.25) is 4.98 Å². The van der Waals surface area contributed by atoms with Crippen molar-refractivity contribution in [2.75, 3.05) is 0 Å². The van der Waals surface area contributed by atoms with Gasteiger partial charge in [-0.25, -0.2) is 4.98 Å². The summed E-state index contributed by atoms with van der Waals surface area (Å²) in [5.74, 6) is -0.0828. The molecular formula is C12H11N3S. The lowest BCUT2D eigenvalue weighted by Gasteiger charge is -1.99. The molecule has 3 nitrogen and oxygen atoms in total. The second kappa shape index (κ2) is 4.86. The summed E-state index contributed by atoms with van der Waals surface area (Å²) in [6.07, 6.45) is 4.30. The minimum absolute atomic E-state index is 0.0828. The Morgan fingerprint density at radius 3 is 2.81 bits per heavy atom. The SMILES string of the molecule is CCC(C#N)c1nc(-c2ccncc2)cs1. The molecule has 0 aliphatic heterocycles. The minimum Gasteiger partial charge on any atom is -0.265 e. The van der Waals surface area contributed by atoms with Crippen LogP contribution in [0.15, 0.2) is 29.9 Å². The molecule has 2 heterocycles. The van der Waals surface area contributed by atoms with Crippen molar-refractivity contribution in [3.05, 3.63) is 34.9 Å². The van der Waals surface area contributed by atoms with Crippen molar-refractivity contribution in [3.8, 4) is 17.3 Å². The molecule has 0 radical (unpaired) electrons. The highest BCUT2D eigenvalue weighted by Crippen LogP contribution is 2.27. The van der Waals surface area contributed by atoms with Crippen LogP contribution in [0, 0.1) is 11.3 Å². The van der Waals surface area contributed by atoms with Crippen LogP contribution in [0.1, 0.15) is 24.3 Å². The zero-order valence-corrected chi connectivity index (χ0v) is 9.74. The number of rotatable bonds is 3. The molecule has 0 spiro atoms. The number of aromatic nitrogens is 2. The van der Waals surface area contributed by atoms with Gasteiger partial charge < -0.3 is 0 Å². The monoisotopic (exact) mass is 229 g/mol. The third-order valence-electron chi connectivity index (χ3n) is 2.36. The van der Waals surface area contributed by atoms with Crippen LogP contribution in [-0.4, -0.2) is 9.97 Å². The van der Waals surface area contributed by atoms with Gasteiger partial charge in [0, 0.05) is 23.3 Å². The minimum atomic E-state index is -0.0828. The molecule has 2 aromatic rings. The molecule has 0 aromatic carbocycles. The van der Waals surface area contributed by atoms with Crippen LogP contribution < -0.4 is 0 Å². The third-order valence-corrected chi connectivity index (χ3v) is 3.32. The summed E-state index contributed by atoms with van der Waals surface area (Å²) >= 11 is 1.55. The smallest absolute Gasteiger partial charge is 0.110 e. The van der Waals surface area contributed by atoms with E-state index in [4.69, 9.17) is 5.26 Å². The van der Waals surface area contributed by atoms with Crippen LogP contribution in [0.3, 0.4) is 0 Å². The Kier molecular flexibility index (Phi) is 3.28. The van der Waals surface area contributed by atoms with Crippen LogP contribution in [0.2, 0.25) is 0 Å². The van der Waals surface area contributed by atoms with Gasteiger partial charge in [0.15, 0.2) is 0 Å². The molecule has 2 aromatic heterocycles. The van der Waals surface area contributed by atoms with Gasteiger partial charge in [-0.15, -0.1) is 11.3 Å². The van der Waals surface area contributed by atoms with Gasteiger partial charge in [0.05, 0.1) is 17.7 Å². The van der Waals surface area contributed by atoms with E-state index in [1.165, 1.54) is 0 Å². The van der Waals surface area contributed by atoms with E-state index in [-0.39, 0.29) is 5.92 Å². The summed E-state index contributed by atoms with van der Waals surface area (Å²) in [5.41, 5.74) is 1.97. The van der Waals surface area contributed by atoms with E-state index in [1.807, 2.05) is 24.4 Å². The second-order valence-corrected chi connectivity index (χ2v) is 4.29. The van der Waals surface area contributed by atoms with Crippen LogP contribution in [0.5, 0.6) is 0 Å². The van der Waals surface area contributed by atoms with E-state index >= 15 is 0 Å². The van der Waals surface area contributed by atoms with Crippen molar-refractivity contribution in [3.63, 3.8) is 0 Å². The number of pyridine rings is 1. The topological polar surface area (TPSA) is 49.6 Å². The number of nitriles is 1. The average molecular weight is 229 g/mol. The summed E-state index contributed by atoms with van der Waals surface area (Å²) in [6.45, 7) is 2.00. The molecule has 16 heavy (non-hydrogen) atoms. The molecule has 0 bridgehead atoms. The molecule has 2 rings (SSSR count). The molecule has 0 fully saturated rings. The normalized spacial score (nSPS) is 12.0. The van der Waals surface area contributed by atoms with Crippen LogP contribution in [0.25, 0.3) is 11.3 Å². The first-order chi connectivity index (χ1) is 7.85. The summed E-state index contributed by atoms with van der Waals surface area (Å²) in [6, 6.07) is 6.11. The molecule has 0 saturated carbocycles. The predicted octanol–water partition coefficient (Wildman–Crippen LogP) is 3.22. The summed E-state index contributed by atoms with van der Waals surface area (Å²) in [4.78, 5) is 8.46. The van der Waals surface area contributed by atoms with Gasteiger partial charge in [0.2, 0.25) is 0 Å². The lowest BCUT2D eigenvalue weighted by atomic mass is 10.1. The Morgan fingerprint density at radius 1 is 1.44 bits per heavy atom. The molecule has 4 heteroatoms. The van der Waals surface area contributed by atoms with Crippen molar-refractivity contribution >= 4 is 11.3 Å². The largest absolute Gasteiger partial charge is 0.265 e. The van der Waals surface area contributed by atoms with Gasteiger partial charge in [0.25, 0.3) is 0 Å². The molecule has 0 aliphatic carbocycles. The van der Waals surface area contributed by atoms with Crippen LogP contribution >= 0.6 is 11.3 Å². The first-order valence-corrected chi connectivity index (χ1v) is 5.98. The van der Waals surface area contributed by atoms with E-state index in [1.54, 1.807) is 23.7 Å². The number of hydrogen-bond donors (Lipinski definition) is 0. The first-order valence-electron chi connectivity index (χ1n) is 5.10. The van der Waals surface area contributed by atoms with Gasteiger partial charge >= 0.3 is 0 Å². The fraction of sp³-hybridized carbons (Fsp3) is 0.250. The number of thiazole rings is 1. The van der Waals surface area contributed by atoms with Gasteiger partial charge in [0.1, 0.15) is 5.01 Å². The molecule has 1 atom stereocenters. The van der Waals surface area contributed by atoms with E-state index in [9.17, 15) is 0 Å². The Balaban J connectivity index is 2.30. The third kappa shape index (κ3) is 2.10. The summed E-state index contributed by atoms with van der Waals surface area (Å²) in [7, 11) is 0. The molecule has 80 valence electrons. The van der Waals surface area contributed by atoms with Gasteiger partial charge in [-0.2, -0.15) is 5.26 Å². The molecule has 0 amide bonds. The van der Waals surface area contributed by atoms with E-state index in [0.29, 0.717) is 0 Å². The van der Waals surface area contributed by atoms with Crippen molar-refractivity contribution in [2.45, 2.75) is 19.3 Å². The highest BCUT2D eigenvalue weighted by atomic mass is 32.1. The highest BCUT2D eigenvalue weighted by Gasteiger charge is 2.13. The van der Waals surface area contributed by atoms with Crippen molar-refractivity contribution in [1.82, 2.24) is 9.97 Å². The maximum atomic E-state index is 8.97. The van der Waals surface area contributed by atoms with Gasteiger partial charge in [-0.1, -0.05) is 6.92 Å². The van der Waals surface area contributed by atoms with E-state index in [0.717, 1.165) is 22.7 Å². The lowest BCUT2D eigenvalue weighted by Crippen LogP contribution is -1.92. The second-order valence-electron chi connectivity index (χ2n) is 3.40. The predicted molar refractivity (Wildman–Crippen MR) is 64.0 cm³/mol. The Labute approximate surface area is 98.4 Å². The van der Waals surface area contributed by atoms with Crippen molar-refractivity contribution in [2.24, 2.45) is 0 Å². The highest BCUT2D eigenvalue weighted by molar-refractivity contribution is 7.10. The van der Waals surface area contributed by atoms with Gasteiger partial charge in [-0.05, 0) is 18.6 Å². The Bertz CT molecular complexity index is 498. The standard InChI is InChI=1S/C12H11N3S/c1-2-9(7-13)12-15-11(8-16-12)10-3-5-14-6-4-10/h3-6,8-9H,2H2,1H3. The lowest BCUT2D eigenvalue weighted by molar-refractivity contribution is 0.810. The zero-order valence-electron chi connectivity index (χ0n) is 8.92. The fourth-order valence-corrected chi connectivity index (χ4v) is 2.38. The van der Waals surface area contributed by atoms with E-state index < -0.39 is 0 Å². The molecule has 0 saturated heterocycles. The Morgan fingerprint density at radius 2 is 2.19 bits per heavy atom. The number of hydrogen-bond acceptors (Lipinski definition) is 4.